The van der Waals surface area contributed by atoms with Crippen LogP contribution in [0.5, 0.6) is 5.75 Å². The van der Waals surface area contributed by atoms with Gasteiger partial charge in [-0.3, -0.25) is 0 Å². The van der Waals surface area contributed by atoms with Crippen LogP contribution in [0.25, 0.3) is 0 Å². The second-order valence-corrected chi connectivity index (χ2v) is 3.52. The Morgan fingerprint density at radius 3 is 1.79 bits per heavy atom. The molecule has 19 heavy (non-hydrogen) atoms. The Labute approximate surface area is 111 Å². The Bertz CT molecular complexity index is 466. The van der Waals surface area contributed by atoms with Crippen molar-refractivity contribution in [2.45, 2.75) is 0 Å². The van der Waals surface area contributed by atoms with Gasteiger partial charge in [-0.25, -0.2) is 4.79 Å². The summed E-state index contributed by atoms with van der Waals surface area (Å²) in [4.78, 5) is 11.6. The topological polar surface area (TPSA) is 66.8 Å². The third-order valence-corrected chi connectivity index (χ3v) is 2.06. The number of benzene rings is 2. The molecule has 2 rings (SSSR count). The average molecular weight is 260 g/mol. The summed E-state index contributed by atoms with van der Waals surface area (Å²) in [7, 11) is 0. The van der Waals surface area contributed by atoms with Gasteiger partial charge < -0.3 is 14.9 Å². The first kappa shape index (κ1) is 14.9. The van der Waals surface area contributed by atoms with Gasteiger partial charge in [0.2, 0.25) is 0 Å². The molecule has 0 aromatic heterocycles. The van der Waals surface area contributed by atoms with Crippen LogP contribution in [0, 0.1) is 0 Å². The quantitative estimate of drug-likeness (QED) is 0.653. The lowest BCUT2D eigenvalue weighted by molar-refractivity contribution is 0.0735. The minimum Gasteiger partial charge on any atom is -0.423 e. The Morgan fingerprint density at radius 2 is 1.32 bits per heavy atom. The van der Waals surface area contributed by atoms with Crippen molar-refractivity contribution in [2.75, 3.05) is 13.2 Å². The number of carbonyl (C=O) groups excluding carboxylic acids is 1. The molecule has 0 saturated heterocycles. The molecule has 0 radical (unpaired) electrons. The van der Waals surface area contributed by atoms with Gasteiger partial charge in [0.25, 0.3) is 0 Å². The molecule has 0 aliphatic heterocycles. The highest BCUT2D eigenvalue weighted by Crippen LogP contribution is 2.11. The van der Waals surface area contributed by atoms with Crippen LogP contribution < -0.4 is 4.74 Å². The van der Waals surface area contributed by atoms with Gasteiger partial charge in [-0.05, 0) is 24.3 Å². The maximum Gasteiger partial charge on any atom is 0.343 e. The summed E-state index contributed by atoms with van der Waals surface area (Å²) in [5, 5.41) is 15.2. The maximum atomic E-state index is 11.6. The lowest BCUT2D eigenvalue weighted by Gasteiger charge is -2.02. The molecule has 0 fully saturated rings. The molecule has 4 heteroatoms. The van der Waals surface area contributed by atoms with Gasteiger partial charge >= 0.3 is 5.97 Å². The molecule has 2 N–H and O–H groups in total. The standard InChI is InChI=1S/C13H10O2.C2H6O2/c14-13(11-7-3-1-4-8-11)15-12-9-5-2-6-10-12;3-1-2-4/h1-10H;3-4H,1-2H2. The van der Waals surface area contributed by atoms with E-state index in [-0.39, 0.29) is 19.2 Å². The van der Waals surface area contributed by atoms with Crippen molar-refractivity contribution in [2.24, 2.45) is 0 Å². The van der Waals surface area contributed by atoms with Gasteiger partial charge in [-0.2, -0.15) is 0 Å². The number of rotatable bonds is 3. The molecule has 0 saturated carbocycles. The van der Waals surface area contributed by atoms with Crippen molar-refractivity contribution < 1.29 is 19.7 Å². The fourth-order valence-electron chi connectivity index (χ4n) is 1.23. The summed E-state index contributed by atoms with van der Waals surface area (Å²) in [5.74, 6) is 0.230. The van der Waals surface area contributed by atoms with Crippen molar-refractivity contribution in [3.05, 3.63) is 66.2 Å². The van der Waals surface area contributed by atoms with Crippen LogP contribution in [0.4, 0.5) is 0 Å². The number of carbonyl (C=O) groups is 1. The zero-order valence-corrected chi connectivity index (χ0v) is 10.4. The predicted molar refractivity (Wildman–Crippen MR) is 72.0 cm³/mol. The van der Waals surface area contributed by atoms with E-state index >= 15 is 0 Å². The average Bonchev–Trinajstić information content (AvgIpc) is 2.49. The third kappa shape index (κ3) is 5.81. The van der Waals surface area contributed by atoms with E-state index in [1.54, 1.807) is 24.3 Å². The lowest BCUT2D eigenvalue weighted by atomic mass is 10.2. The molecule has 0 aliphatic carbocycles. The first-order valence-corrected chi connectivity index (χ1v) is 5.82. The van der Waals surface area contributed by atoms with E-state index in [0.29, 0.717) is 11.3 Å². The van der Waals surface area contributed by atoms with E-state index in [1.807, 2.05) is 36.4 Å². The fraction of sp³-hybridized carbons (Fsp3) is 0.133. The summed E-state index contributed by atoms with van der Waals surface area (Å²) < 4.78 is 5.16. The Balaban J connectivity index is 0.000000399. The highest BCUT2D eigenvalue weighted by Gasteiger charge is 2.06. The predicted octanol–water partition coefficient (Wildman–Crippen LogP) is 1.88. The first-order chi connectivity index (χ1) is 9.27. The SMILES string of the molecule is O=C(Oc1ccccc1)c1ccccc1.OCCO. The van der Waals surface area contributed by atoms with E-state index < -0.39 is 0 Å². The zero-order valence-electron chi connectivity index (χ0n) is 10.4. The molecular weight excluding hydrogens is 244 g/mol. The van der Waals surface area contributed by atoms with Crippen LogP contribution in [0.3, 0.4) is 0 Å². The molecule has 2 aromatic rings. The number of aliphatic hydroxyl groups excluding tert-OH is 2. The molecule has 0 atom stereocenters. The Morgan fingerprint density at radius 1 is 0.842 bits per heavy atom. The van der Waals surface area contributed by atoms with Crippen LogP contribution in [0.15, 0.2) is 60.7 Å². The molecule has 4 nitrogen and oxygen atoms in total. The number of esters is 1. The van der Waals surface area contributed by atoms with Crippen LogP contribution in [-0.4, -0.2) is 29.4 Å². The summed E-state index contributed by atoms with van der Waals surface area (Å²) in [6.45, 7) is -0.250. The van der Waals surface area contributed by atoms with E-state index in [0.717, 1.165) is 0 Å². The van der Waals surface area contributed by atoms with Crippen molar-refractivity contribution >= 4 is 5.97 Å². The fourth-order valence-corrected chi connectivity index (χ4v) is 1.23. The lowest BCUT2D eigenvalue weighted by Crippen LogP contribution is -2.07. The monoisotopic (exact) mass is 260 g/mol. The van der Waals surface area contributed by atoms with Crippen LogP contribution in [0.1, 0.15) is 10.4 Å². The molecule has 0 aliphatic rings. The third-order valence-electron chi connectivity index (χ3n) is 2.06. The zero-order chi connectivity index (χ0) is 13.9. The molecule has 0 bridgehead atoms. The second-order valence-electron chi connectivity index (χ2n) is 3.52. The number of aliphatic hydroxyl groups is 2. The number of hydrogen-bond donors (Lipinski definition) is 2. The van der Waals surface area contributed by atoms with Gasteiger partial charge in [0.05, 0.1) is 18.8 Å². The number of para-hydroxylation sites is 1. The van der Waals surface area contributed by atoms with E-state index in [2.05, 4.69) is 0 Å². The summed E-state index contributed by atoms with van der Waals surface area (Å²) >= 11 is 0. The normalized spacial score (nSPS) is 9.16. The number of ether oxygens (including phenoxy) is 1. The molecule has 0 heterocycles. The van der Waals surface area contributed by atoms with E-state index in [1.165, 1.54) is 0 Å². The largest absolute Gasteiger partial charge is 0.423 e. The van der Waals surface area contributed by atoms with Gasteiger partial charge in [0.1, 0.15) is 5.75 Å². The summed E-state index contributed by atoms with van der Waals surface area (Å²) in [6.07, 6.45) is 0. The Hall–Kier alpha value is -2.17. The van der Waals surface area contributed by atoms with Gasteiger partial charge in [-0.1, -0.05) is 36.4 Å². The van der Waals surface area contributed by atoms with Crippen molar-refractivity contribution in [1.82, 2.24) is 0 Å². The molecule has 0 amide bonds. The van der Waals surface area contributed by atoms with Crippen LogP contribution in [-0.2, 0) is 0 Å². The molecule has 2 aromatic carbocycles. The molecule has 0 unspecified atom stereocenters. The van der Waals surface area contributed by atoms with Gasteiger partial charge in [-0.15, -0.1) is 0 Å². The highest BCUT2D eigenvalue weighted by molar-refractivity contribution is 5.90. The molecular formula is C15H16O4. The minimum absolute atomic E-state index is 0.125. The smallest absolute Gasteiger partial charge is 0.343 e. The van der Waals surface area contributed by atoms with Gasteiger partial charge in [0.15, 0.2) is 0 Å². The van der Waals surface area contributed by atoms with Crippen molar-refractivity contribution in [3.8, 4) is 5.75 Å². The van der Waals surface area contributed by atoms with Crippen molar-refractivity contribution in [3.63, 3.8) is 0 Å². The second kappa shape index (κ2) is 8.85. The number of hydrogen-bond acceptors (Lipinski definition) is 4. The highest BCUT2D eigenvalue weighted by atomic mass is 16.5. The van der Waals surface area contributed by atoms with Crippen molar-refractivity contribution in [1.29, 1.82) is 0 Å². The Kier molecular flexibility index (Phi) is 6.94. The molecule has 0 spiro atoms. The first-order valence-electron chi connectivity index (χ1n) is 5.82. The van der Waals surface area contributed by atoms with Gasteiger partial charge in [0, 0.05) is 0 Å². The maximum absolute atomic E-state index is 11.6. The van der Waals surface area contributed by atoms with E-state index in [4.69, 9.17) is 14.9 Å². The summed E-state index contributed by atoms with van der Waals surface area (Å²) in [5.41, 5.74) is 0.557. The summed E-state index contributed by atoms with van der Waals surface area (Å²) in [6, 6.07) is 18.0. The van der Waals surface area contributed by atoms with E-state index in [9.17, 15) is 4.79 Å². The minimum atomic E-state index is -0.332. The van der Waals surface area contributed by atoms with Crippen LogP contribution in [0.2, 0.25) is 0 Å². The molecule has 100 valence electrons. The van der Waals surface area contributed by atoms with Crippen LogP contribution >= 0.6 is 0 Å².